The molecule has 0 aliphatic rings. The SMILES string of the molecule is Cc1c(OCC(F)(F)F)ccnc1CS(=O)c1nc2ccccc2n1S(=O)(=O)c1ccc(OCC(=O)[O-])cc1.[Na+]. The predicted octanol–water partition coefficient (Wildman–Crippen LogP) is -0.642. The molecule has 16 heteroatoms. The van der Waals surface area contributed by atoms with Crippen LogP contribution >= 0.6 is 0 Å². The summed E-state index contributed by atoms with van der Waals surface area (Å²) in [5.41, 5.74) is 0.738. The van der Waals surface area contributed by atoms with Crippen molar-refractivity contribution in [1.29, 1.82) is 0 Å². The Bertz CT molecular complexity index is 1660. The molecule has 4 rings (SSSR count). The van der Waals surface area contributed by atoms with Crippen molar-refractivity contribution in [2.75, 3.05) is 13.2 Å². The summed E-state index contributed by atoms with van der Waals surface area (Å²) in [6.07, 6.45) is -3.36. The molecular weight excluding hydrogens is 586 g/mol. The molecule has 0 N–H and O–H groups in total. The van der Waals surface area contributed by atoms with Crippen LogP contribution in [-0.4, -0.2) is 51.9 Å². The molecule has 10 nitrogen and oxygen atoms in total. The first-order valence-electron chi connectivity index (χ1n) is 11.0. The van der Waals surface area contributed by atoms with Gasteiger partial charge in [0, 0.05) is 11.8 Å². The molecule has 0 aliphatic carbocycles. The van der Waals surface area contributed by atoms with Crippen LogP contribution in [0.5, 0.6) is 11.5 Å². The Labute approximate surface area is 251 Å². The number of ether oxygens (including phenoxy) is 2. The van der Waals surface area contributed by atoms with Gasteiger partial charge in [-0.05, 0) is 49.4 Å². The molecule has 0 amide bonds. The number of halogens is 3. The molecule has 2 aromatic carbocycles. The molecule has 2 aromatic heterocycles. The van der Waals surface area contributed by atoms with Crippen LogP contribution in [-0.2, 0) is 31.4 Å². The van der Waals surface area contributed by atoms with Crippen molar-refractivity contribution in [3.8, 4) is 11.5 Å². The zero-order chi connectivity index (χ0) is 28.4. The van der Waals surface area contributed by atoms with Gasteiger partial charge < -0.3 is 19.4 Å². The third-order valence-electron chi connectivity index (χ3n) is 5.33. The summed E-state index contributed by atoms with van der Waals surface area (Å²) in [6.45, 7) is -0.794. The van der Waals surface area contributed by atoms with Crippen molar-refractivity contribution in [2.45, 2.75) is 28.9 Å². The van der Waals surface area contributed by atoms with Crippen molar-refractivity contribution in [3.05, 3.63) is 72.1 Å². The number of carbonyl (C=O) groups excluding carboxylic acids is 1. The summed E-state index contributed by atoms with van der Waals surface area (Å²) in [7, 11) is -6.49. The Kier molecular flexibility index (Phi) is 10.0. The van der Waals surface area contributed by atoms with E-state index in [2.05, 4.69) is 9.97 Å². The molecule has 0 spiro atoms. The number of carbonyl (C=O) groups is 1. The van der Waals surface area contributed by atoms with Crippen LogP contribution in [0, 0.1) is 6.92 Å². The molecule has 0 bridgehead atoms. The minimum atomic E-state index is -4.56. The van der Waals surface area contributed by atoms with Crippen molar-refractivity contribution >= 4 is 37.8 Å². The average Bonchev–Trinajstić information content (AvgIpc) is 3.28. The van der Waals surface area contributed by atoms with Crippen LogP contribution in [0.1, 0.15) is 11.3 Å². The van der Waals surface area contributed by atoms with E-state index in [4.69, 9.17) is 9.47 Å². The van der Waals surface area contributed by atoms with E-state index in [9.17, 15) is 35.7 Å². The molecule has 0 saturated heterocycles. The smallest absolute Gasteiger partial charge is 0.546 e. The summed E-state index contributed by atoms with van der Waals surface area (Å²) in [5, 5.41) is 10.3. The van der Waals surface area contributed by atoms with Crippen LogP contribution < -0.4 is 44.1 Å². The molecule has 4 aromatic rings. The number of aromatic nitrogens is 3. The second-order valence-electron chi connectivity index (χ2n) is 8.06. The maximum atomic E-state index is 13.7. The van der Waals surface area contributed by atoms with E-state index < -0.39 is 46.2 Å². The van der Waals surface area contributed by atoms with Gasteiger partial charge in [-0.1, -0.05) is 12.1 Å². The summed E-state index contributed by atoms with van der Waals surface area (Å²) < 4.78 is 89.3. The number of fused-ring (bicyclic) bond motifs is 1. The van der Waals surface area contributed by atoms with Gasteiger partial charge in [-0.25, -0.2) is 17.4 Å². The molecule has 0 radical (unpaired) electrons. The second kappa shape index (κ2) is 12.7. The Morgan fingerprint density at radius 1 is 1.07 bits per heavy atom. The van der Waals surface area contributed by atoms with Gasteiger partial charge in [-0.2, -0.15) is 13.2 Å². The molecule has 1 unspecified atom stereocenters. The number of carboxylic acids is 1. The minimum Gasteiger partial charge on any atom is -0.546 e. The monoisotopic (exact) mass is 605 g/mol. The third kappa shape index (κ3) is 7.20. The number of rotatable bonds is 10. The van der Waals surface area contributed by atoms with Crippen molar-refractivity contribution in [2.24, 2.45) is 0 Å². The van der Waals surface area contributed by atoms with Gasteiger partial charge in [0.2, 0.25) is 5.16 Å². The van der Waals surface area contributed by atoms with E-state index in [1.54, 1.807) is 12.1 Å². The first kappa shape index (κ1) is 31.5. The molecule has 0 fully saturated rings. The summed E-state index contributed by atoms with van der Waals surface area (Å²) in [5.74, 6) is -1.82. The van der Waals surface area contributed by atoms with Crippen LogP contribution in [0.2, 0.25) is 0 Å². The van der Waals surface area contributed by atoms with Gasteiger partial charge in [-0.3, -0.25) is 9.19 Å². The molecule has 2 heterocycles. The topological polar surface area (TPSA) is 141 Å². The Balaban J connectivity index is 0.00000441. The Morgan fingerprint density at radius 2 is 1.75 bits per heavy atom. The normalized spacial score (nSPS) is 12.5. The van der Waals surface area contributed by atoms with E-state index in [0.717, 1.165) is 3.97 Å². The largest absolute Gasteiger partial charge is 1.00 e. The molecule has 206 valence electrons. The zero-order valence-electron chi connectivity index (χ0n) is 21.0. The number of carboxylic acid groups (broad SMARTS) is 1. The maximum absolute atomic E-state index is 13.7. The van der Waals surface area contributed by atoms with Gasteiger partial charge in [0.05, 0.1) is 44.1 Å². The van der Waals surface area contributed by atoms with Crippen LogP contribution in [0.25, 0.3) is 11.0 Å². The van der Waals surface area contributed by atoms with Gasteiger partial charge in [-0.15, -0.1) is 0 Å². The maximum Gasteiger partial charge on any atom is 1.00 e. The minimum absolute atomic E-state index is 0. The number of alkyl halides is 3. The van der Waals surface area contributed by atoms with E-state index in [-0.39, 0.29) is 79.2 Å². The van der Waals surface area contributed by atoms with Gasteiger partial charge in [0.15, 0.2) is 6.61 Å². The van der Waals surface area contributed by atoms with Crippen LogP contribution in [0.15, 0.2) is 70.8 Å². The third-order valence-corrected chi connectivity index (χ3v) is 8.38. The Hall–Kier alpha value is -2.98. The second-order valence-corrected chi connectivity index (χ2v) is 11.2. The molecular formula is C24H19F3N3NaO7S2. The average molecular weight is 606 g/mol. The van der Waals surface area contributed by atoms with Crippen LogP contribution in [0.4, 0.5) is 13.2 Å². The standard InChI is InChI=1S/C24H20F3N3O7S2.Na/c1-15-19(28-11-10-21(15)37-14-24(25,26)27)13-38(33)23-29-18-4-2-3-5-20(18)30(23)39(34,35)17-8-6-16(7-9-17)36-12-22(31)32;/h2-11H,12-14H2,1H3,(H,31,32);/q;+1/p-1. The number of imidazole rings is 1. The predicted molar refractivity (Wildman–Crippen MR) is 130 cm³/mol. The fourth-order valence-electron chi connectivity index (χ4n) is 3.52. The molecule has 0 saturated carbocycles. The fraction of sp³-hybridized carbons (Fsp3) is 0.208. The van der Waals surface area contributed by atoms with Crippen molar-refractivity contribution in [1.82, 2.24) is 13.9 Å². The zero-order valence-corrected chi connectivity index (χ0v) is 24.7. The van der Waals surface area contributed by atoms with Gasteiger partial charge >= 0.3 is 35.7 Å². The number of hydrogen-bond acceptors (Lipinski definition) is 9. The van der Waals surface area contributed by atoms with Crippen molar-refractivity contribution < 1.29 is 74.7 Å². The Morgan fingerprint density at radius 3 is 2.40 bits per heavy atom. The number of aliphatic carboxylic acids is 1. The summed E-state index contributed by atoms with van der Waals surface area (Å²) in [4.78, 5) is 18.7. The van der Waals surface area contributed by atoms with E-state index in [1.807, 2.05) is 0 Å². The van der Waals surface area contributed by atoms with Gasteiger partial charge in [0.25, 0.3) is 10.0 Å². The number of hydrogen-bond donors (Lipinski definition) is 0. The number of pyridine rings is 1. The fourth-order valence-corrected chi connectivity index (χ4v) is 6.57. The van der Waals surface area contributed by atoms with E-state index in [1.165, 1.54) is 55.6 Å². The number of nitrogens with zero attached hydrogens (tertiary/aromatic N) is 3. The molecule has 0 aliphatic heterocycles. The first-order valence-corrected chi connectivity index (χ1v) is 13.8. The molecule has 1 atom stereocenters. The van der Waals surface area contributed by atoms with Crippen molar-refractivity contribution in [3.63, 3.8) is 0 Å². The van der Waals surface area contributed by atoms with Gasteiger partial charge in [0.1, 0.15) is 18.1 Å². The van der Waals surface area contributed by atoms with Crippen LogP contribution in [0.3, 0.4) is 0 Å². The molecule has 40 heavy (non-hydrogen) atoms. The summed E-state index contributed by atoms with van der Waals surface area (Å²) in [6, 6.07) is 12.3. The number of benzene rings is 2. The van der Waals surface area contributed by atoms with E-state index in [0.29, 0.717) is 0 Å². The van der Waals surface area contributed by atoms with E-state index >= 15 is 0 Å². The quantitative estimate of drug-likeness (QED) is 0.216. The summed E-state index contributed by atoms with van der Waals surface area (Å²) >= 11 is 0. The first-order chi connectivity index (χ1) is 18.4. The number of para-hydroxylation sites is 2.